The standard InChI is InChI=1S/C16H22O5S/c1-2-22(20,21)15(14(17)9-6-10-16(18)19)12-11-13-7-4-3-5-8-13/h3-5,7-8,11-12,14-15,17H,2,6,9-10H2,1H3,(H,18,19). The number of rotatable bonds is 9. The number of aliphatic hydroxyl groups excluding tert-OH is 1. The van der Waals surface area contributed by atoms with Crippen LogP contribution < -0.4 is 0 Å². The van der Waals surface area contributed by atoms with Crippen molar-refractivity contribution in [3.8, 4) is 0 Å². The molecule has 0 amide bonds. The van der Waals surface area contributed by atoms with Crippen LogP contribution in [0.5, 0.6) is 0 Å². The van der Waals surface area contributed by atoms with Gasteiger partial charge in [0, 0.05) is 12.2 Å². The SMILES string of the molecule is CCS(=O)(=O)C(C=Cc1ccccc1)C(O)CCCC(=O)O. The minimum atomic E-state index is -3.46. The van der Waals surface area contributed by atoms with E-state index < -0.39 is 27.2 Å². The molecule has 0 aromatic heterocycles. The number of benzene rings is 1. The summed E-state index contributed by atoms with van der Waals surface area (Å²) in [5.41, 5.74) is 0.844. The zero-order valence-corrected chi connectivity index (χ0v) is 13.4. The van der Waals surface area contributed by atoms with E-state index in [9.17, 15) is 18.3 Å². The predicted molar refractivity (Wildman–Crippen MR) is 86.2 cm³/mol. The number of carboxylic acids is 1. The fraction of sp³-hybridized carbons (Fsp3) is 0.438. The van der Waals surface area contributed by atoms with Crippen molar-refractivity contribution in [2.45, 2.75) is 37.5 Å². The molecule has 0 aliphatic heterocycles. The molecule has 2 atom stereocenters. The normalized spacial score (nSPS) is 14.8. The topological polar surface area (TPSA) is 91.7 Å². The molecule has 122 valence electrons. The Kier molecular flexibility index (Phi) is 7.27. The number of aliphatic carboxylic acids is 1. The van der Waals surface area contributed by atoms with E-state index in [4.69, 9.17) is 5.11 Å². The number of hydrogen-bond donors (Lipinski definition) is 2. The summed E-state index contributed by atoms with van der Waals surface area (Å²) >= 11 is 0. The Bertz CT molecular complexity index is 592. The quantitative estimate of drug-likeness (QED) is 0.725. The molecular formula is C16H22O5S. The molecular weight excluding hydrogens is 304 g/mol. The van der Waals surface area contributed by atoms with Crippen LogP contribution in [0.2, 0.25) is 0 Å². The number of carbonyl (C=O) groups is 1. The predicted octanol–water partition coefficient (Wildman–Crippen LogP) is 2.12. The van der Waals surface area contributed by atoms with E-state index in [1.165, 1.54) is 13.0 Å². The van der Waals surface area contributed by atoms with Crippen molar-refractivity contribution in [3.05, 3.63) is 42.0 Å². The number of hydrogen-bond acceptors (Lipinski definition) is 4. The summed E-state index contributed by atoms with van der Waals surface area (Å²) in [5.74, 6) is -1.03. The summed E-state index contributed by atoms with van der Waals surface area (Å²) in [5, 5.41) is 17.7. The third kappa shape index (κ3) is 5.99. The van der Waals surface area contributed by atoms with Crippen LogP contribution in [0.3, 0.4) is 0 Å². The van der Waals surface area contributed by atoms with Crippen molar-refractivity contribution in [2.24, 2.45) is 0 Å². The van der Waals surface area contributed by atoms with Gasteiger partial charge in [0.15, 0.2) is 9.84 Å². The van der Waals surface area contributed by atoms with E-state index in [1.807, 2.05) is 30.3 Å². The first-order valence-corrected chi connectivity index (χ1v) is 8.93. The first kappa shape index (κ1) is 18.4. The Hall–Kier alpha value is -1.66. The summed E-state index contributed by atoms with van der Waals surface area (Å²) in [6, 6.07) is 9.21. The lowest BCUT2D eigenvalue weighted by Gasteiger charge is -2.19. The fourth-order valence-corrected chi connectivity index (χ4v) is 3.39. The molecule has 0 fully saturated rings. The van der Waals surface area contributed by atoms with E-state index in [-0.39, 0.29) is 25.0 Å². The van der Waals surface area contributed by atoms with E-state index in [0.717, 1.165) is 5.56 Å². The highest BCUT2D eigenvalue weighted by Crippen LogP contribution is 2.17. The molecule has 1 aromatic carbocycles. The number of carboxylic acid groups (broad SMARTS) is 1. The highest BCUT2D eigenvalue weighted by Gasteiger charge is 2.28. The Morgan fingerprint density at radius 2 is 1.91 bits per heavy atom. The zero-order valence-electron chi connectivity index (χ0n) is 12.6. The number of aliphatic hydroxyl groups is 1. The van der Waals surface area contributed by atoms with Crippen LogP contribution in [0.25, 0.3) is 6.08 Å². The average molecular weight is 326 g/mol. The van der Waals surface area contributed by atoms with Gasteiger partial charge < -0.3 is 10.2 Å². The molecule has 6 heteroatoms. The van der Waals surface area contributed by atoms with E-state index in [0.29, 0.717) is 0 Å². The monoisotopic (exact) mass is 326 g/mol. The zero-order chi connectivity index (χ0) is 16.6. The van der Waals surface area contributed by atoms with Crippen LogP contribution in [0.4, 0.5) is 0 Å². The maximum Gasteiger partial charge on any atom is 0.303 e. The summed E-state index contributed by atoms with van der Waals surface area (Å²) < 4.78 is 24.3. The molecule has 0 heterocycles. The smallest absolute Gasteiger partial charge is 0.303 e. The molecule has 1 rings (SSSR count). The summed E-state index contributed by atoms with van der Waals surface area (Å²) in [6.45, 7) is 1.53. The van der Waals surface area contributed by atoms with Gasteiger partial charge in [-0.15, -0.1) is 0 Å². The minimum Gasteiger partial charge on any atom is -0.481 e. The second-order valence-electron chi connectivity index (χ2n) is 5.04. The number of sulfone groups is 1. The van der Waals surface area contributed by atoms with Crippen molar-refractivity contribution < 1.29 is 23.4 Å². The summed E-state index contributed by atoms with van der Waals surface area (Å²) in [6.07, 6.45) is 2.33. The van der Waals surface area contributed by atoms with Crippen molar-refractivity contribution in [1.82, 2.24) is 0 Å². The Morgan fingerprint density at radius 1 is 1.27 bits per heavy atom. The lowest BCUT2D eigenvalue weighted by Crippen LogP contribution is -2.33. The van der Waals surface area contributed by atoms with Gasteiger partial charge in [-0.05, 0) is 18.4 Å². The van der Waals surface area contributed by atoms with Crippen molar-refractivity contribution in [2.75, 3.05) is 5.75 Å². The lowest BCUT2D eigenvalue weighted by atomic mass is 10.1. The molecule has 0 spiro atoms. The molecule has 0 bridgehead atoms. The first-order valence-electron chi connectivity index (χ1n) is 7.21. The molecule has 0 radical (unpaired) electrons. The van der Waals surface area contributed by atoms with Crippen LogP contribution in [-0.2, 0) is 14.6 Å². The molecule has 0 aliphatic carbocycles. The van der Waals surface area contributed by atoms with E-state index in [1.54, 1.807) is 6.08 Å². The molecule has 22 heavy (non-hydrogen) atoms. The Morgan fingerprint density at radius 3 is 2.45 bits per heavy atom. The van der Waals surface area contributed by atoms with Crippen LogP contribution >= 0.6 is 0 Å². The van der Waals surface area contributed by atoms with Gasteiger partial charge in [-0.2, -0.15) is 0 Å². The lowest BCUT2D eigenvalue weighted by molar-refractivity contribution is -0.137. The van der Waals surface area contributed by atoms with Gasteiger partial charge in [-0.25, -0.2) is 8.42 Å². The molecule has 2 N–H and O–H groups in total. The molecule has 0 saturated carbocycles. The van der Waals surface area contributed by atoms with Crippen LogP contribution in [0.1, 0.15) is 31.7 Å². The van der Waals surface area contributed by atoms with E-state index >= 15 is 0 Å². The van der Waals surface area contributed by atoms with Crippen LogP contribution in [0.15, 0.2) is 36.4 Å². The molecule has 0 saturated heterocycles. The summed E-state index contributed by atoms with van der Waals surface area (Å²) in [7, 11) is -3.46. The molecule has 1 aromatic rings. The summed E-state index contributed by atoms with van der Waals surface area (Å²) in [4.78, 5) is 10.5. The second-order valence-corrected chi connectivity index (χ2v) is 7.49. The fourth-order valence-electron chi connectivity index (χ4n) is 2.08. The van der Waals surface area contributed by atoms with Crippen molar-refractivity contribution >= 4 is 21.9 Å². The maximum absolute atomic E-state index is 12.1. The van der Waals surface area contributed by atoms with Gasteiger partial charge in [0.25, 0.3) is 0 Å². The first-order chi connectivity index (χ1) is 10.4. The van der Waals surface area contributed by atoms with Gasteiger partial charge in [0.1, 0.15) is 5.25 Å². The van der Waals surface area contributed by atoms with Gasteiger partial charge in [-0.3, -0.25) is 4.79 Å². The van der Waals surface area contributed by atoms with Crippen molar-refractivity contribution in [1.29, 1.82) is 0 Å². The van der Waals surface area contributed by atoms with Crippen LogP contribution in [0, 0.1) is 0 Å². The highest BCUT2D eigenvalue weighted by molar-refractivity contribution is 7.92. The van der Waals surface area contributed by atoms with E-state index in [2.05, 4.69) is 0 Å². The molecule has 5 nitrogen and oxygen atoms in total. The minimum absolute atomic E-state index is 0.0766. The maximum atomic E-state index is 12.1. The largest absolute Gasteiger partial charge is 0.481 e. The van der Waals surface area contributed by atoms with Gasteiger partial charge in [-0.1, -0.05) is 49.4 Å². The second kappa shape index (κ2) is 8.70. The molecule has 2 unspecified atom stereocenters. The average Bonchev–Trinajstić information content (AvgIpc) is 2.48. The highest BCUT2D eigenvalue weighted by atomic mass is 32.2. The van der Waals surface area contributed by atoms with Crippen molar-refractivity contribution in [3.63, 3.8) is 0 Å². The Balaban J connectivity index is 2.85. The van der Waals surface area contributed by atoms with Crippen LogP contribution in [-0.4, -0.2) is 41.7 Å². The Labute approximate surface area is 131 Å². The van der Waals surface area contributed by atoms with Gasteiger partial charge >= 0.3 is 5.97 Å². The molecule has 0 aliphatic rings. The van der Waals surface area contributed by atoms with Gasteiger partial charge in [0.05, 0.1) is 6.10 Å². The third-order valence-corrected chi connectivity index (χ3v) is 5.47. The third-order valence-electron chi connectivity index (χ3n) is 3.36. The van der Waals surface area contributed by atoms with Gasteiger partial charge in [0.2, 0.25) is 0 Å².